The van der Waals surface area contributed by atoms with Crippen molar-refractivity contribution in [2.75, 3.05) is 12.8 Å². The van der Waals surface area contributed by atoms with E-state index in [1.54, 1.807) is 0 Å². The van der Waals surface area contributed by atoms with Crippen molar-refractivity contribution >= 4 is 15.9 Å². The first-order chi connectivity index (χ1) is 14.7. The van der Waals surface area contributed by atoms with Crippen molar-refractivity contribution in [1.29, 1.82) is 0 Å². The number of carbonyl (C=O) groups is 1. The number of rotatable bonds is 8. The quantitative estimate of drug-likeness (QED) is 0.669. The highest BCUT2D eigenvalue weighted by atomic mass is 32.2. The molecule has 0 aromatic heterocycles. The van der Waals surface area contributed by atoms with E-state index in [-0.39, 0.29) is 30.6 Å². The van der Waals surface area contributed by atoms with Crippen LogP contribution < -0.4 is 10.1 Å². The molecule has 0 fully saturated rings. The summed E-state index contributed by atoms with van der Waals surface area (Å²) in [6.45, 7) is 6.08. The Bertz CT molecular complexity index is 1010. The zero-order chi connectivity index (χ0) is 22.6. The third-order valence-corrected chi connectivity index (χ3v) is 7.29. The molecule has 0 bridgehead atoms. The van der Waals surface area contributed by atoms with Gasteiger partial charge < -0.3 is 10.1 Å². The van der Waals surface area contributed by atoms with Crippen LogP contribution >= 0.6 is 0 Å². The van der Waals surface area contributed by atoms with Gasteiger partial charge in [0.1, 0.15) is 11.4 Å². The summed E-state index contributed by atoms with van der Waals surface area (Å²) in [5.41, 5.74) is 2.53. The zero-order valence-corrected chi connectivity index (χ0v) is 19.5. The van der Waals surface area contributed by atoms with Gasteiger partial charge in [-0.05, 0) is 31.4 Å². The van der Waals surface area contributed by atoms with Crippen molar-refractivity contribution in [3.63, 3.8) is 0 Å². The minimum absolute atomic E-state index is 0.157. The van der Waals surface area contributed by atoms with E-state index in [1.165, 1.54) is 4.31 Å². The minimum atomic E-state index is -3.55. The van der Waals surface area contributed by atoms with Gasteiger partial charge in [-0.1, -0.05) is 61.9 Å². The van der Waals surface area contributed by atoms with Gasteiger partial charge in [0.05, 0.1) is 18.8 Å². The van der Waals surface area contributed by atoms with Gasteiger partial charge in [-0.3, -0.25) is 4.79 Å². The van der Waals surface area contributed by atoms with Crippen LogP contribution in [0.3, 0.4) is 0 Å². The maximum atomic E-state index is 13.0. The Morgan fingerprint density at radius 3 is 2.39 bits per heavy atom. The average Bonchev–Trinajstić information content (AvgIpc) is 2.74. The SMILES string of the molecule is CCC1(CC)C[C@H](NC(=O)CN(Cc2ccc(C)cc2)S(C)(=O)=O)c2ccccc2O1. The summed E-state index contributed by atoms with van der Waals surface area (Å²) in [5.74, 6) is 0.461. The van der Waals surface area contributed by atoms with E-state index < -0.39 is 10.0 Å². The number of aryl methyl sites for hydroxylation is 1. The minimum Gasteiger partial charge on any atom is -0.487 e. The van der Waals surface area contributed by atoms with Gasteiger partial charge in [0.15, 0.2) is 0 Å². The molecule has 0 saturated heterocycles. The van der Waals surface area contributed by atoms with Gasteiger partial charge >= 0.3 is 0 Å². The molecule has 1 amide bonds. The Labute approximate surface area is 185 Å². The molecule has 3 rings (SSSR count). The van der Waals surface area contributed by atoms with Crippen LogP contribution in [0.15, 0.2) is 48.5 Å². The van der Waals surface area contributed by atoms with E-state index in [2.05, 4.69) is 19.2 Å². The van der Waals surface area contributed by atoms with Crippen molar-refractivity contribution in [2.24, 2.45) is 0 Å². The number of hydrogen-bond donors (Lipinski definition) is 1. The fourth-order valence-electron chi connectivity index (χ4n) is 4.02. The van der Waals surface area contributed by atoms with Gasteiger partial charge in [0, 0.05) is 18.5 Å². The summed E-state index contributed by atoms with van der Waals surface area (Å²) in [7, 11) is -3.55. The van der Waals surface area contributed by atoms with Crippen molar-refractivity contribution in [1.82, 2.24) is 9.62 Å². The van der Waals surface area contributed by atoms with Gasteiger partial charge in [-0.25, -0.2) is 8.42 Å². The Morgan fingerprint density at radius 1 is 1.13 bits per heavy atom. The molecule has 1 aliphatic rings. The predicted molar refractivity (Wildman–Crippen MR) is 122 cm³/mol. The van der Waals surface area contributed by atoms with Gasteiger partial charge in [0.25, 0.3) is 0 Å². The Morgan fingerprint density at radius 2 is 1.77 bits per heavy atom. The number of ether oxygens (including phenoxy) is 1. The average molecular weight is 445 g/mol. The third-order valence-electron chi connectivity index (χ3n) is 6.09. The van der Waals surface area contributed by atoms with Gasteiger partial charge in [-0.15, -0.1) is 0 Å². The molecule has 1 atom stereocenters. The number of benzene rings is 2. The number of para-hydroxylation sites is 1. The lowest BCUT2D eigenvalue weighted by atomic mass is 9.83. The summed E-state index contributed by atoms with van der Waals surface area (Å²) >= 11 is 0. The molecule has 2 aromatic rings. The molecule has 0 saturated carbocycles. The number of fused-ring (bicyclic) bond motifs is 1. The molecule has 7 heteroatoms. The fourth-order valence-corrected chi connectivity index (χ4v) is 4.75. The lowest BCUT2D eigenvalue weighted by Crippen LogP contribution is -2.47. The van der Waals surface area contributed by atoms with Gasteiger partial charge in [0.2, 0.25) is 15.9 Å². The molecule has 6 nitrogen and oxygen atoms in total. The van der Waals surface area contributed by atoms with E-state index in [9.17, 15) is 13.2 Å². The lowest BCUT2D eigenvalue weighted by molar-refractivity contribution is -0.122. The number of amides is 1. The predicted octanol–water partition coefficient (Wildman–Crippen LogP) is 3.96. The van der Waals surface area contributed by atoms with Gasteiger partial charge in [-0.2, -0.15) is 4.31 Å². The van der Waals surface area contributed by atoms with E-state index in [1.807, 2.05) is 55.5 Å². The Kier molecular flexibility index (Phi) is 7.06. The first-order valence-electron chi connectivity index (χ1n) is 10.7. The largest absolute Gasteiger partial charge is 0.487 e. The second kappa shape index (κ2) is 9.40. The highest BCUT2D eigenvalue weighted by Gasteiger charge is 2.39. The highest BCUT2D eigenvalue weighted by molar-refractivity contribution is 7.88. The van der Waals surface area contributed by atoms with Crippen LogP contribution in [0.1, 0.15) is 55.8 Å². The molecule has 168 valence electrons. The van der Waals surface area contributed by atoms with Crippen LogP contribution in [0.5, 0.6) is 5.75 Å². The molecule has 0 radical (unpaired) electrons. The maximum Gasteiger partial charge on any atom is 0.235 e. The summed E-state index contributed by atoms with van der Waals surface area (Å²) in [6.07, 6.45) is 3.44. The maximum absolute atomic E-state index is 13.0. The summed E-state index contributed by atoms with van der Waals surface area (Å²) in [5, 5.41) is 3.07. The fraction of sp³-hybridized carbons (Fsp3) is 0.458. The molecule has 0 aliphatic carbocycles. The summed E-state index contributed by atoms with van der Waals surface area (Å²) < 4.78 is 32.2. The molecule has 0 unspecified atom stereocenters. The van der Waals surface area contributed by atoms with Crippen LogP contribution in [0.2, 0.25) is 0 Å². The van der Waals surface area contributed by atoms with Crippen LogP contribution in [0, 0.1) is 6.92 Å². The number of nitrogens with one attached hydrogen (secondary N) is 1. The van der Waals surface area contributed by atoms with E-state index in [0.29, 0.717) is 6.42 Å². The smallest absolute Gasteiger partial charge is 0.235 e. The van der Waals surface area contributed by atoms with Crippen molar-refractivity contribution in [3.05, 3.63) is 65.2 Å². The molecule has 2 aromatic carbocycles. The van der Waals surface area contributed by atoms with E-state index in [0.717, 1.165) is 41.5 Å². The van der Waals surface area contributed by atoms with E-state index in [4.69, 9.17) is 4.74 Å². The molecular formula is C24H32N2O4S. The third kappa shape index (κ3) is 5.66. The van der Waals surface area contributed by atoms with Crippen LogP contribution in [-0.2, 0) is 21.4 Å². The first kappa shape index (κ1) is 23.3. The molecule has 1 heterocycles. The monoisotopic (exact) mass is 444 g/mol. The van der Waals surface area contributed by atoms with Crippen LogP contribution in [0.4, 0.5) is 0 Å². The standard InChI is InChI=1S/C24H32N2O4S/c1-5-24(6-2)15-21(20-9-7-8-10-22(20)30-24)25-23(27)17-26(31(4,28)29)16-19-13-11-18(3)12-14-19/h7-14,21H,5-6,15-17H2,1-4H3,(H,25,27)/t21-/m0/s1. The Balaban J connectivity index is 1.77. The second-order valence-corrected chi connectivity index (χ2v) is 10.4. The van der Waals surface area contributed by atoms with E-state index >= 15 is 0 Å². The topological polar surface area (TPSA) is 75.7 Å². The second-order valence-electron chi connectivity index (χ2n) is 8.37. The summed E-state index contributed by atoms with van der Waals surface area (Å²) in [6, 6.07) is 15.1. The number of sulfonamides is 1. The zero-order valence-electron chi connectivity index (χ0n) is 18.7. The van der Waals surface area contributed by atoms with Crippen molar-refractivity contribution in [3.8, 4) is 5.75 Å². The number of carbonyl (C=O) groups excluding carboxylic acids is 1. The molecule has 1 aliphatic heterocycles. The molecule has 1 N–H and O–H groups in total. The van der Waals surface area contributed by atoms with Crippen LogP contribution in [0.25, 0.3) is 0 Å². The Hall–Kier alpha value is -2.38. The first-order valence-corrected chi connectivity index (χ1v) is 12.6. The molecule has 0 spiro atoms. The number of nitrogens with zero attached hydrogens (tertiary/aromatic N) is 1. The number of hydrogen-bond acceptors (Lipinski definition) is 4. The van der Waals surface area contributed by atoms with Crippen molar-refractivity contribution < 1.29 is 17.9 Å². The molecule has 31 heavy (non-hydrogen) atoms. The summed E-state index contributed by atoms with van der Waals surface area (Å²) in [4.78, 5) is 13.0. The lowest BCUT2D eigenvalue weighted by Gasteiger charge is -2.41. The normalized spacial score (nSPS) is 17.6. The molecular weight excluding hydrogens is 412 g/mol. The van der Waals surface area contributed by atoms with Crippen LogP contribution in [-0.4, -0.2) is 37.0 Å². The van der Waals surface area contributed by atoms with Crippen molar-refractivity contribution in [2.45, 2.75) is 58.2 Å². The highest BCUT2D eigenvalue weighted by Crippen LogP contribution is 2.42.